The van der Waals surface area contributed by atoms with E-state index < -0.39 is 17.1 Å². The number of aromatic nitrogens is 3. The maximum Gasteiger partial charge on any atom is 0.257 e. The number of aliphatic hydroxyl groups is 2. The summed E-state index contributed by atoms with van der Waals surface area (Å²) in [6, 6.07) is 7.54. The van der Waals surface area contributed by atoms with Crippen molar-refractivity contribution in [3.63, 3.8) is 0 Å². The second-order valence-electron chi connectivity index (χ2n) is 12.5. The number of rotatable bonds is 4. The molecule has 7 atom stereocenters. The molecule has 1 aromatic carbocycles. The minimum Gasteiger partial charge on any atom is -0.431 e. The lowest BCUT2D eigenvalue weighted by atomic mass is 9.45. The molecule has 0 radical (unpaired) electrons. The molecule has 6 unspecified atom stereocenters. The van der Waals surface area contributed by atoms with Gasteiger partial charge in [0.15, 0.2) is 11.4 Å². The molecule has 38 heavy (non-hydrogen) atoms. The summed E-state index contributed by atoms with van der Waals surface area (Å²) in [5.41, 5.74) is 3.05. The van der Waals surface area contributed by atoms with E-state index in [1.807, 2.05) is 42.2 Å². The van der Waals surface area contributed by atoms with Gasteiger partial charge in [0.05, 0.1) is 23.7 Å². The molecule has 0 bridgehead atoms. The Morgan fingerprint density at radius 2 is 2.08 bits per heavy atom. The highest BCUT2D eigenvalue weighted by molar-refractivity contribution is 7.99. The Morgan fingerprint density at radius 1 is 1.26 bits per heavy atom. The lowest BCUT2D eigenvalue weighted by Gasteiger charge is -2.60. The van der Waals surface area contributed by atoms with Crippen molar-refractivity contribution in [2.45, 2.75) is 69.3 Å². The predicted octanol–water partition coefficient (Wildman–Crippen LogP) is 4.81. The zero-order chi connectivity index (χ0) is 26.4. The number of allylic oxidation sites excluding steroid dienone is 1. The Hall–Kier alpha value is -2.42. The number of carbonyl (C=O) groups excluding carboxylic acids is 1. The lowest BCUT2D eigenvalue weighted by Crippen LogP contribution is -2.62. The molecule has 4 aliphatic carbocycles. The Kier molecular flexibility index (Phi) is 5.37. The highest BCUT2D eigenvalue weighted by Crippen LogP contribution is 2.67. The Labute approximate surface area is 226 Å². The van der Waals surface area contributed by atoms with Crippen LogP contribution in [0, 0.1) is 28.6 Å². The molecule has 4 aliphatic rings. The molecule has 0 spiro atoms. The molecule has 7 nitrogen and oxygen atoms in total. The number of thioether (sulfide) groups is 1. The van der Waals surface area contributed by atoms with Crippen molar-refractivity contribution < 1.29 is 19.4 Å². The molecular weight excluding hydrogens is 498 g/mol. The number of nitrogens with zero attached hydrogens (tertiary/aromatic N) is 3. The van der Waals surface area contributed by atoms with Crippen LogP contribution < -0.4 is 0 Å². The standard InChI is InChI=1S/C30H35N3O4S/c1-28-13-17-15-31-33(3)22(17)12-18(28)8-9-19-20-10-11-30(36,29(20,2)14-23(34)26(19)28)25(35)16-38-27-32-21-6-4-5-7-24(21)37-27/h4-7,12,15,19-20,23,26,34,36H,8-11,13-14,16H2,1-3H3/t19?,20?,23?,26?,28?,29?,30-/m0/s1. The number of benzene rings is 1. The van der Waals surface area contributed by atoms with Crippen LogP contribution in [0.1, 0.15) is 57.2 Å². The molecule has 2 N–H and O–H groups in total. The van der Waals surface area contributed by atoms with Crippen LogP contribution in [-0.4, -0.2) is 48.2 Å². The summed E-state index contributed by atoms with van der Waals surface area (Å²) in [5.74, 6) is 0.509. The average molecular weight is 534 g/mol. The van der Waals surface area contributed by atoms with Gasteiger partial charge in [0.1, 0.15) is 11.1 Å². The van der Waals surface area contributed by atoms with Gasteiger partial charge in [-0.2, -0.15) is 5.10 Å². The largest absolute Gasteiger partial charge is 0.431 e. The van der Waals surface area contributed by atoms with Crippen molar-refractivity contribution in [1.29, 1.82) is 0 Å². The third-order valence-corrected chi connectivity index (χ3v) is 11.6. The van der Waals surface area contributed by atoms with E-state index in [0.29, 0.717) is 23.6 Å². The molecule has 200 valence electrons. The Morgan fingerprint density at radius 3 is 2.89 bits per heavy atom. The number of hydrogen-bond donors (Lipinski definition) is 2. The second kappa shape index (κ2) is 8.29. The molecule has 7 rings (SSSR count). The van der Waals surface area contributed by atoms with Crippen LogP contribution in [0.25, 0.3) is 17.2 Å². The van der Waals surface area contributed by atoms with Crippen LogP contribution in [0.4, 0.5) is 0 Å². The molecule has 2 heterocycles. The first-order chi connectivity index (χ1) is 18.1. The topological polar surface area (TPSA) is 101 Å². The SMILES string of the molecule is Cn1ncc2c1C=C1CCC3C(C(O)CC4(C)C3CC[C@]4(O)C(=O)CSc3nc4ccccc4o3)C1(C)C2. The van der Waals surface area contributed by atoms with Gasteiger partial charge in [0.2, 0.25) is 0 Å². The first-order valence-corrected chi connectivity index (χ1v) is 14.8. The Bertz CT molecular complexity index is 1440. The maximum atomic E-state index is 13.7. The quantitative estimate of drug-likeness (QED) is 0.464. The van der Waals surface area contributed by atoms with Crippen molar-refractivity contribution in [2.75, 3.05) is 5.75 Å². The van der Waals surface area contributed by atoms with Crippen molar-refractivity contribution in [3.8, 4) is 0 Å². The van der Waals surface area contributed by atoms with E-state index in [4.69, 9.17) is 4.42 Å². The van der Waals surface area contributed by atoms with Crippen LogP contribution in [-0.2, 0) is 18.3 Å². The number of ketones is 1. The third-order valence-electron chi connectivity index (χ3n) is 10.8. The monoisotopic (exact) mass is 533 g/mol. The van der Waals surface area contributed by atoms with Gasteiger partial charge >= 0.3 is 0 Å². The van der Waals surface area contributed by atoms with E-state index in [0.717, 1.165) is 31.2 Å². The van der Waals surface area contributed by atoms with E-state index in [1.54, 1.807) is 0 Å². The number of hydrogen-bond acceptors (Lipinski definition) is 7. The minimum atomic E-state index is -1.46. The molecule has 2 aromatic heterocycles. The molecular formula is C30H35N3O4S. The smallest absolute Gasteiger partial charge is 0.257 e. The van der Waals surface area contributed by atoms with E-state index in [9.17, 15) is 15.0 Å². The van der Waals surface area contributed by atoms with Gasteiger partial charge in [-0.1, -0.05) is 43.3 Å². The van der Waals surface area contributed by atoms with Gasteiger partial charge in [-0.3, -0.25) is 9.48 Å². The first-order valence-electron chi connectivity index (χ1n) is 13.8. The van der Waals surface area contributed by atoms with Gasteiger partial charge in [-0.05, 0) is 85.5 Å². The van der Waals surface area contributed by atoms with E-state index in [2.05, 4.69) is 30.0 Å². The van der Waals surface area contributed by atoms with Crippen LogP contribution in [0.5, 0.6) is 0 Å². The Balaban J connectivity index is 1.14. The molecule has 0 aliphatic heterocycles. The fraction of sp³-hybridized carbons (Fsp3) is 0.567. The zero-order valence-corrected chi connectivity index (χ0v) is 23.0. The third kappa shape index (κ3) is 3.26. The van der Waals surface area contributed by atoms with Gasteiger partial charge in [0.25, 0.3) is 5.22 Å². The fourth-order valence-electron chi connectivity index (χ4n) is 8.94. The van der Waals surface area contributed by atoms with Gasteiger partial charge in [-0.15, -0.1) is 0 Å². The highest BCUT2D eigenvalue weighted by Gasteiger charge is 2.68. The molecule has 8 heteroatoms. The summed E-state index contributed by atoms with van der Waals surface area (Å²) in [4.78, 5) is 18.1. The number of Topliss-reactive ketones (excluding diaryl/α,β-unsaturated/α-hetero) is 1. The summed E-state index contributed by atoms with van der Waals surface area (Å²) in [6.07, 6.45) is 8.26. The number of carbonyl (C=O) groups is 1. The normalized spacial score (nSPS) is 37.8. The summed E-state index contributed by atoms with van der Waals surface area (Å²) in [6.45, 7) is 4.38. The van der Waals surface area contributed by atoms with Gasteiger partial charge in [0, 0.05) is 12.5 Å². The number of oxazole rings is 1. The van der Waals surface area contributed by atoms with Gasteiger partial charge < -0.3 is 14.6 Å². The molecule has 0 saturated heterocycles. The molecule has 3 fully saturated rings. The lowest BCUT2D eigenvalue weighted by molar-refractivity contribution is -0.177. The van der Waals surface area contributed by atoms with E-state index in [-0.39, 0.29) is 34.7 Å². The number of aryl methyl sites for hydroxylation is 1. The van der Waals surface area contributed by atoms with Crippen LogP contribution in [0.2, 0.25) is 0 Å². The average Bonchev–Trinajstić information content (AvgIpc) is 3.54. The van der Waals surface area contributed by atoms with E-state index in [1.165, 1.54) is 28.6 Å². The minimum absolute atomic E-state index is 0.101. The van der Waals surface area contributed by atoms with Crippen LogP contribution in [0.3, 0.4) is 0 Å². The first kappa shape index (κ1) is 24.6. The van der Waals surface area contributed by atoms with Crippen molar-refractivity contribution in [2.24, 2.45) is 35.6 Å². The van der Waals surface area contributed by atoms with Crippen molar-refractivity contribution in [1.82, 2.24) is 14.8 Å². The number of fused-ring (bicyclic) bond motifs is 7. The summed E-state index contributed by atoms with van der Waals surface area (Å²) < 4.78 is 7.74. The van der Waals surface area contributed by atoms with Crippen LogP contribution in [0.15, 0.2) is 45.7 Å². The fourth-order valence-corrected chi connectivity index (χ4v) is 9.74. The summed E-state index contributed by atoms with van der Waals surface area (Å²) >= 11 is 1.25. The molecule has 3 saturated carbocycles. The summed E-state index contributed by atoms with van der Waals surface area (Å²) in [7, 11) is 1.99. The zero-order valence-electron chi connectivity index (χ0n) is 22.2. The second-order valence-corrected chi connectivity index (χ2v) is 13.5. The highest BCUT2D eigenvalue weighted by atomic mass is 32.2. The van der Waals surface area contributed by atoms with E-state index >= 15 is 0 Å². The number of aliphatic hydroxyl groups excluding tert-OH is 1. The summed E-state index contributed by atoms with van der Waals surface area (Å²) in [5, 5.41) is 28.7. The number of para-hydroxylation sites is 2. The maximum absolute atomic E-state index is 13.7. The molecule has 0 amide bonds. The van der Waals surface area contributed by atoms with Crippen molar-refractivity contribution >= 4 is 34.7 Å². The van der Waals surface area contributed by atoms with Crippen molar-refractivity contribution in [3.05, 3.63) is 47.3 Å². The predicted molar refractivity (Wildman–Crippen MR) is 145 cm³/mol. The molecule has 3 aromatic rings. The van der Waals surface area contributed by atoms with Gasteiger partial charge in [-0.25, -0.2) is 4.98 Å². The van der Waals surface area contributed by atoms with Crippen LogP contribution >= 0.6 is 11.8 Å².